The maximum atomic E-state index is 12.8. The van der Waals surface area contributed by atoms with Gasteiger partial charge in [-0.1, -0.05) is 18.2 Å². The topological polar surface area (TPSA) is 84.9 Å². The minimum absolute atomic E-state index is 0.226. The van der Waals surface area contributed by atoms with E-state index in [0.29, 0.717) is 42.8 Å². The van der Waals surface area contributed by atoms with E-state index in [1.54, 1.807) is 36.5 Å². The van der Waals surface area contributed by atoms with Crippen molar-refractivity contribution in [2.75, 3.05) is 37.9 Å². The van der Waals surface area contributed by atoms with Crippen LogP contribution in [0.4, 0.5) is 5.95 Å². The lowest BCUT2D eigenvalue weighted by molar-refractivity contribution is 0.174. The first kappa shape index (κ1) is 18.8. The highest BCUT2D eigenvalue weighted by Crippen LogP contribution is 2.35. The van der Waals surface area contributed by atoms with Crippen molar-refractivity contribution >= 4 is 16.0 Å². The van der Waals surface area contributed by atoms with Gasteiger partial charge in [-0.25, -0.2) is 18.4 Å². The number of sulfonamides is 1. The molecule has 0 bridgehead atoms. The number of nitrogens with zero attached hydrogens (tertiary/aromatic N) is 4. The number of ether oxygens (including phenoxy) is 2. The molecular weight excluding hydrogens is 404 g/mol. The standard InChI is InChI=1S/C21H20N4O4S/c26-30(27,17-4-2-1-3-5-17)25-12-10-24(11-13-25)21-22-9-8-18(23-21)16-6-7-19-20(14-16)29-15-28-19/h1-9,14H,10-13,15H2. The Hall–Kier alpha value is -3.17. The van der Waals surface area contributed by atoms with Crippen molar-refractivity contribution in [2.45, 2.75) is 4.90 Å². The SMILES string of the molecule is O=S(=O)(c1ccccc1)N1CCN(c2nccc(-c3ccc4c(c3)OCO4)n2)CC1. The molecular formula is C21H20N4O4S. The molecule has 0 saturated carbocycles. The molecule has 0 atom stereocenters. The van der Waals surface area contributed by atoms with Crippen LogP contribution in [0.25, 0.3) is 11.3 Å². The van der Waals surface area contributed by atoms with Crippen LogP contribution in [0.1, 0.15) is 0 Å². The van der Waals surface area contributed by atoms with E-state index in [1.165, 1.54) is 4.31 Å². The number of benzene rings is 2. The number of rotatable bonds is 4. The monoisotopic (exact) mass is 424 g/mol. The number of fused-ring (bicyclic) bond motifs is 1. The van der Waals surface area contributed by atoms with Crippen LogP contribution in [0.2, 0.25) is 0 Å². The largest absolute Gasteiger partial charge is 0.454 e. The van der Waals surface area contributed by atoms with Crippen molar-refractivity contribution in [3.05, 3.63) is 60.8 Å². The number of anilines is 1. The van der Waals surface area contributed by atoms with Crippen molar-refractivity contribution in [1.82, 2.24) is 14.3 Å². The summed E-state index contributed by atoms with van der Waals surface area (Å²) in [7, 11) is -3.48. The van der Waals surface area contributed by atoms with Crippen LogP contribution >= 0.6 is 0 Å². The van der Waals surface area contributed by atoms with Crippen LogP contribution in [0.15, 0.2) is 65.7 Å². The third kappa shape index (κ3) is 3.46. The molecule has 0 amide bonds. The van der Waals surface area contributed by atoms with Crippen LogP contribution in [0, 0.1) is 0 Å². The van der Waals surface area contributed by atoms with E-state index in [2.05, 4.69) is 9.97 Å². The zero-order chi connectivity index (χ0) is 20.6. The van der Waals surface area contributed by atoms with Gasteiger partial charge in [-0.05, 0) is 36.4 Å². The van der Waals surface area contributed by atoms with Gasteiger partial charge in [-0.3, -0.25) is 0 Å². The molecule has 2 aromatic carbocycles. The Labute approximate surface area is 174 Å². The van der Waals surface area contributed by atoms with Gasteiger partial charge in [0, 0.05) is 37.9 Å². The Morgan fingerprint density at radius 2 is 1.63 bits per heavy atom. The van der Waals surface area contributed by atoms with E-state index in [9.17, 15) is 8.42 Å². The lowest BCUT2D eigenvalue weighted by atomic mass is 10.1. The van der Waals surface area contributed by atoms with Gasteiger partial charge in [0.05, 0.1) is 10.6 Å². The van der Waals surface area contributed by atoms with Crippen LogP contribution in [0.3, 0.4) is 0 Å². The van der Waals surface area contributed by atoms with Crippen molar-refractivity contribution in [1.29, 1.82) is 0 Å². The Kier molecular flexibility index (Phi) is 4.76. The summed E-state index contributed by atoms with van der Waals surface area (Å²) in [4.78, 5) is 11.4. The molecule has 3 aromatic rings. The smallest absolute Gasteiger partial charge is 0.243 e. The van der Waals surface area contributed by atoms with E-state index in [1.807, 2.05) is 29.2 Å². The predicted molar refractivity (Wildman–Crippen MR) is 111 cm³/mol. The van der Waals surface area contributed by atoms with Gasteiger partial charge in [0.2, 0.25) is 22.8 Å². The summed E-state index contributed by atoms with van der Waals surface area (Å²) >= 11 is 0. The van der Waals surface area contributed by atoms with Crippen molar-refractivity contribution in [3.63, 3.8) is 0 Å². The normalized spacial score (nSPS) is 16.6. The Morgan fingerprint density at radius 1 is 0.867 bits per heavy atom. The summed E-state index contributed by atoms with van der Waals surface area (Å²) in [5.41, 5.74) is 1.69. The van der Waals surface area contributed by atoms with Gasteiger partial charge in [-0.2, -0.15) is 4.31 Å². The molecule has 8 nitrogen and oxygen atoms in total. The molecule has 2 aliphatic heterocycles. The molecule has 3 heterocycles. The van der Waals surface area contributed by atoms with E-state index >= 15 is 0 Å². The second-order valence-corrected chi connectivity index (χ2v) is 8.95. The minimum atomic E-state index is -3.48. The Balaban J connectivity index is 1.32. The first-order chi connectivity index (χ1) is 14.6. The highest BCUT2D eigenvalue weighted by Gasteiger charge is 2.29. The maximum absolute atomic E-state index is 12.8. The zero-order valence-corrected chi connectivity index (χ0v) is 17.0. The zero-order valence-electron chi connectivity index (χ0n) is 16.1. The average Bonchev–Trinajstić information content (AvgIpc) is 3.28. The predicted octanol–water partition coefficient (Wildman–Crippen LogP) is 2.38. The molecule has 1 saturated heterocycles. The first-order valence-electron chi connectivity index (χ1n) is 9.64. The van der Waals surface area contributed by atoms with Crippen LogP contribution in [-0.2, 0) is 10.0 Å². The first-order valence-corrected chi connectivity index (χ1v) is 11.1. The fourth-order valence-electron chi connectivity index (χ4n) is 3.59. The second-order valence-electron chi connectivity index (χ2n) is 7.01. The molecule has 1 fully saturated rings. The summed E-state index contributed by atoms with van der Waals surface area (Å²) in [5, 5.41) is 0. The number of piperazine rings is 1. The molecule has 1 aromatic heterocycles. The minimum Gasteiger partial charge on any atom is -0.454 e. The fourth-order valence-corrected chi connectivity index (χ4v) is 5.03. The van der Waals surface area contributed by atoms with Crippen LogP contribution in [-0.4, -0.2) is 55.7 Å². The highest BCUT2D eigenvalue weighted by atomic mass is 32.2. The molecule has 2 aliphatic rings. The second kappa shape index (κ2) is 7.58. The number of aromatic nitrogens is 2. The lowest BCUT2D eigenvalue weighted by Gasteiger charge is -2.34. The van der Waals surface area contributed by atoms with E-state index < -0.39 is 10.0 Å². The molecule has 0 unspecified atom stereocenters. The van der Waals surface area contributed by atoms with Gasteiger partial charge in [-0.15, -0.1) is 0 Å². The summed E-state index contributed by atoms with van der Waals surface area (Å²) in [6, 6.07) is 16.1. The summed E-state index contributed by atoms with van der Waals surface area (Å²) in [6.45, 7) is 2.04. The average molecular weight is 424 g/mol. The van der Waals surface area contributed by atoms with Gasteiger partial charge >= 0.3 is 0 Å². The van der Waals surface area contributed by atoms with Crippen molar-refractivity contribution in [3.8, 4) is 22.8 Å². The Bertz CT molecular complexity index is 1160. The molecule has 9 heteroatoms. The Morgan fingerprint density at radius 3 is 2.43 bits per heavy atom. The quantitative estimate of drug-likeness (QED) is 0.636. The molecule has 0 aliphatic carbocycles. The number of hydrogen-bond donors (Lipinski definition) is 0. The molecule has 0 radical (unpaired) electrons. The molecule has 30 heavy (non-hydrogen) atoms. The summed E-state index contributed by atoms with van der Waals surface area (Å²) in [5.74, 6) is 2.01. The van der Waals surface area contributed by atoms with Crippen molar-refractivity contribution < 1.29 is 17.9 Å². The van der Waals surface area contributed by atoms with Gasteiger partial charge < -0.3 is 14.4 Å². The van der Waals surface area contributed by atoms with Gasteiger partial charge in [0.15, 0.2) is 11.5 Å². The van der Waals surface area contributed by atoms with Gasteiger partial charge in [0.25, 0.3) is 0 Å². The molecule has 0 N–H and O–H groups in total. The van der Waals surface area contributed by atoms with E-state index in [0.717, 1.165) is 17.0 Å². The number of hydrogen-bond acceptors (Lipinski definition) is 7. The van der Waals surface area contributed by atoms with Crippen LogP contribution < -0.4 is 14.4 Å². The maximum Gasteiger partial charge on any atom is 0.243 e. The third-order valence-corrected chi connectivity index (χ3v) is 7.13. The van der Waals surface area contributed by atoms with Gasteiger partial charge in [0.1, 0.15) is 0 Å². The van der Waals surface area contributed by atoms with Crippen LogP contribution in [0.5, 0.6) is 11.5 Å². The highest BCUT2D eigenvalue weighted by molar-refractivity contribution is 7.89. The van der Waals surface area contributed by atoms with Crippen molar-refractivity contribution in [2.24, 2.45) is 0 Å². The third-order valence-electron chi connectivity index (χ3n) is 5.21. The van der Waals surface area contributed by atoms with E-state index in [4.69, 9.17) is 9.47 Å². The molecule has 0 spiro atoms. The molecule has 5 rings (SSSR count). The van der Waals surface area contributed by atoms with E-state index in [-0.39, 0.29) is 6.79 Å². The summed E-state index contributed by atoms with van der Waals surface area (Å²) in [6.07, 6.45) is 1.72. The summed E-state index contributed by atoms with van der Waals surface area (Å²) < 4.78 is 38.0. The lowest BCUT2D eigenvalue weighted by Crippen LogP contribution is -2.49. The molecule has 154 valence electrons. The fraction of sp³-hybridized carbons (Fsp3) is 0.238.